The Morgan fingerprint density at radius 3 is 1.12 bits per heavy atom. The summed E-state index contributed by atoms with van der Waals surface area (Å²) >= 11 is 0. The number of rotatable bonds is 63. The molecule has 1 N–H and O–H groups in total. The van der Waals surface area contributed by atoms with Gasteiger partial charge in [-0.05, 0) is 109 Å². The first kappa shape index (κ1) is 80.2. The first-order chi connectivity index (χ1) is 40.4. The van der Waals surface area contributed by atoms with Gasteiger partial charge in [0, 0.05) is 12.8 Å². The highest BCUT2D eigenvalue weighted by atomic mass is 31.2. The molecule has 1 amide bonds. The van der Waals surface area contributed by atoms with E-state index in [1.807, 2.05) is 33.3 Å². The van der Waals surface area contributed by atoms with Crippen molar-refractivity contribution in [2.24, 2.45) is 0 Å². The van der Waals surface area contributed by atoms with Crippen molar-refractivity contribution in [3.05, 3.63) is 85.1 Å². The zero-order valence-corrected chi connectivity index (χ0v) is 56.0. The van der Waals surface area contributed by atoms with E-state index in [1.165, 1.54) is 180 Å². The van der Waals surface area contributed by atoms with Gasteiger partial charge in [0.25, 0.3) is 7.82 Å². The number of nitrogens with zero attached hydrogens (tertiary/aromatic N) is 1. The lowest BCUT2D eigenvalue weighted by atomic mass is 10.0. The molecule has 0 heterocycles. The summed E-state index contributed by atoms with van der Waals surface area (Å²) in [5.41, 5.74) is 0. The highest BCUT2D eigenvalue weighted by Gasteiger charge is 2.27. The fourth-order valence-electron chi connectivity index (χ4n) is 9.89. The fraction of sp³-hybridized carbons (Fsp3) is 0.781. The smallest absolute Gasteiger partial charge is 0.306 e. The van der Waals surface area contributed by atoms with Crippen LogP contribution in [-0.4, -0.2) is 69.4 Å². The van der Waals surface area contributed by atoms with Crippen molar-refractivity contribution in [3.8, 4) is 0 Å². The number of carbonyl (C=O) groups excluding carboxylic acids is 2. The minimum Gasteiger partial charge on any atom is -0.756 e. The van der Waals surface area contributed by atoms with E-state index < -0.39 is 26.6 Å². The Balaban J connectivity index is 5.18. The van der Waals surface area contributed by atoms with Gasteiger partial charge in [0.1, 0.15) is 19.3 Å². The number of allylic oxidation sites excluding steroid dienone is 13. The van der Waals surface area contributed by atoms with Crippen molar-refractivity contribution in [2.45, 2.75) is 328 Å². The average Bonchev–Trinajstić information content (AvgIpc) is 3.47. The third-order valence-corrected chi connectivity index (χ3v) is 16.3. The summed E-state index contributed by atoms with van der Waals surface area (Å²) in [6.07, 6.45) is 82.6. The molecule has 0 fully saturated rings. The number of nitrogens with one attached hydrogen (secondary N) is 1. The molecule has 3 unspecified atom stereocenters. The molecule has 482 valence electrons. The van der Waals surface area contributed by atoms with Gasteiger partial charge in [-0.3, -0.25) is 14.2 Å². The predicted octanol–water partition coefficient (Wildman–Crippen LogP) is 21.5. The number of carbonyl (C=O) groups is 2. The van der Waals surface area contributed by atoms with Gasteiger partial charge in [-0.15, -0.1) is 0 Å². The lowest BCUT2D eigenvalue weighted by molar-refractivity contribution is -0.870. The standard InChI is InChI=1S/C73H133N2O7P/c1-7-10-13-16-19-22-25-28-30-32-34-36-37-39-40-42-44-47-50-53-56-59-62-65-72(76)74-70(69-81-83(78,79)80-68-67-75(4,5)6)71(64-61-58-55-52-49-46-27-24-21-18-15-12-9-3)82-73(77)66-63-60-57-54-51-48-45-43-41-38-35-33-31-29-26-23-20-17-14-11-8-2/h19-20,22-23,28-31,35,38,43,45,61,64,70-71H,7-18,21,24-27,32-34,36-37,39-42,44,46-60,62-63,65-69H2,1-6H3,(H-,74,76,78,79)/b22-19-,23-20-,30-28-,31-29-,38-35-,45-43-,64-61+. The Bertz CT molecular complexity index is 1700. The maximum atomic E-state index is 13.6. The normalized spacial score (nSPS) is 14.1. The lowest BCUT2D eigenvalue weighted by Gasteiger charge is -2.30. The number of unbranched alkanes of at least 4 members (excludes halogenated alkanes) is 35. The van der Waals surface area contributed by atoms with Crippen LogP contribution in [0.2, 0.25) is 0 Å². The summed E-state index contributed by atoms with van der Waals surface area (Å²) in [4.78, 5) is 40.2. The van der Waals surface area contributed by atoms with E-state index in [1.54, 1.807) is 0 Å². The molecule has 0 bridgehead atoms. The van der Waals surface area contributed by atoms with Crippen molar-refractivity contribution >= 4 is 19.7 Å². The largest absolute Gasteiger partial charge is 0.756 e. The van der Waals surface area contributed by atoms with E-state index in [9.17, 15) is 19.0 Å². The molecule has 0 saturated heterocycles. The van der Waals surface area contributed by atoms with Crippen LogP contribution < -0.4 is 10.2 Å². The number of quaternary nitrogens is 1. The molecular weight excluding hydrogens is 1050 g/mol. The van der Waals surface area contributed by atoms with Crippen molar-refractivity contribution < 1.29 is 37.3 Å². The number of ether oxygens (including phenoxy) is 1. The third-order valence-electron chi connectivity index (χ3n) is 15.3. The lowest BCUT2D eigenvalue weighted by Crippen LogP contribution is -2.47. The Kier molecular flexibility index (Phi) is 60.1. The van der Waals surface area contributed by atoms with Crippen molar-refractivity contribution in [1.29, 1.82) is 0 Å². The van der Waals surface area contributed by atoms with Gasteiger partial charge in [-0.1, -0.05) is 280 Å². The van der Waals surface area contributed by atoms with Crippen LogP contribution in [0.25, 0.3) is 0 Å². The van der Waals surface area contributed by atoms with E-state index in [0.717, 1.165) is 96.3 Å². The number of amides is 1. The molecule has 0 saturated carbocycles. The molecule has 3 atom stereocenters. The maximum absolute atomic E-state index is 13.6. The number of likely N-dealkylation sites (N-methyl/N-ethyl adjacent to an activating group) is 1. The summed E-state index contributed by atoms with van der Waals surface area (Å²) in [6, 6.07) is -0.901. The molecule has 0 radical (unpaired) electrons. The fourth-order valence-corrected chi connectivity index (χ4v) is 10.6. The van der Waals surface area contributed by atoms with Crippen LogP contribution in [0.3, 0.4) is 0 Å². The van der Waals surface area contributed by atoms with Gasteiger partial charge < -0.3 is 28.5 Å². The maximum Gasteiger partial charge on any atom is 0.306 e. The van der Waals surface area contributed by atoms with Gasteiger partial charge in [-0.25, -0.2) is 0 Å². The molecule has 10 heteroatoms. The van der Waals surface area contributed by atoms with Crippen molar-refractivity contribution in [3.63, 3.8) is 0 Å². The minimum atomic E-state index is -4.71. The molecule has 0 aromatic rings. The van der Waals surface area contributed by atoms with Crippen LogP contribution in [0, 0.1) is 0 Å². The predicted molar refractivity (Wildman–Crippen MR) is 358 cm³/mol. The third kappa shape index (κ3) is 63.5. The summed E-state index contributed by atoms with van der Waals surface area (Å²) in [5.74, 6) is -0.557. The van der Waals surface area contributed by atoms with Crippen LogP contribution in [-0.2, 0) is 27.9 Å². The van der Waals surface area contributed by atoms with Gasteiger partial charge >= 0.3 is 5.97 Å². The van der Waals surface area contributed by atoms with Crippen LogP contribution in [0.1, 0.15) is 316 Å². The number of phosphoric ester groups is 1. The zero-order chi connectivity index (χ0) is 60.7. The molecule has 0 spiro atoms. The highest BCUT2D eigenvalue weighted by molar-refractivity contribution is 7.45. The van der Waals surface area contributed by atoms with Crippen LogP contribution in [0.4, 0.5) is 0 Å². The topological polar surface area (TPSA) is 114 Å². The zero-order valence-electron chi connectivity index (χ0n) is 55.1. The number of phosphoric acid groups is 1. The number of esters is 1. The molecule has 0 aliphatic carbocycles. The summed E-state index contributed by atoms with van der Waals surface area (Å²) in [6.45, 7) is 6.80. The van der Waals surface area contributed by atoms with E-state index in [0.29, 0.717) is 23.9 Å². The molecule has 83 heavy (non-hydrogen) atoms. The molecule has 0 aliphatic rings. The summed E-state index contributed by atoms with van der Waals surface area (Å²) in [5, 5.41) is 3.04. The van der Waals surface area contributed by atoms with E-state index in [-0.39, 0.29) is 24.9 Å². The highest BCUT2D eigenvalue weighted by Crippen LogP contribution is 2.38. The molecule has 0 rings (SSSR count). The molecule has 0 aromatic carbocycles. The SMILES string of the molecule is CCCCC/C=C\C/C=C\C/C=C\C/C=C\CCCCCCCC(=O)OC(/C=C/CCCCCCCCCCCCC)C(COP(=O)([O-])OCC[N+](C)(C)C)NC(=O)CCCCCCCCCCCCCCC/C=C\C/C=C\CCCCC. The second-order valence-corrected chi connectivity index (χ2v) is 26.1. The monoisotopic (exact) mass is 1180 g/mol. The quantitative estimate of drug-likeness (QED) is 0.0212. The second kappa shape index (κ2) is 62.2. The van der Waals surface area contributed by atoms with Crippen molar-refractivity contribution in [2.75, 3.05) is 40.9 Å². The van der Waals surface area contributed by atoms with Crippen LogP contribution >= 0.6 is 7.82 Å². The molecule has 0 aromatic heterocycles. The van der Waals surface area contributed by atoms with Crippen molar-refractivity contribution in [1.82, 2.24) is 5.32 Å². The Morgan fingerprint density at radius 2 is 0.735 bits per heavy atom. The minimum absolute atomic E-state index is 0.0281. The summed E-state index contributed by atoms with van der Waals surface area (Å²) in [7, 11) is 1.17. The number of hydrogen-bond donors (Lipinski definition) is 1. The molecule has 9 nitrogen and oxygen atoms in total. The Morgan fingerprint density at radius 1 is 0.422 bits per heavy atom. The Hall–Kier alpha value is -2.81. The van der Waals surface area contributed by atoms with Gasteiger partial charge in [0.15, 0.2) is 0 Å². The molecule has 0 aliphatic heterocycles. The van der Waals surface area contributed by atoms with Gasteiger partial charge in [0.2, 0.25) is 5.91 Å². The summed E-state index contributed by atoms with van der Waals surface area (Å²) < 4.78 is 30.4. The number of hydrogen-bond acceptors (Lipinski definition) is 7. The first-order valence-electron chi connectivity index (χ1n) is 34.9. The first-order valence-corrected chi connectivity index (χ1v) is 36.4. The Labute approximate surface area is 514 Å². The van der Waals surface area contributed by atoms with E-state index in [2.05, 4.69) is 99.0 Å². The van der Waals surface area contributed by atoms with E-state index in [4.69, 9.17) is 13.8 Å². The average molecular weight is 1180 g/mol. The molecular formula is C73H133N2O7P. The second-order valence-electron chi connectivity index (χ2n) is 24.7. The van der Waals surface area contributed by atoms with Gasteiger partial charge in [-0.2, -0.15) is 0 Å². The van der Waals surface area contributed by atoms with Gasteiger partial charge in [0.05, 0.1) is 33.8 Å². The van der Waals surface area contributed by atoms with Crippen LogP contribution in [0.5, 0.6) is 0 Å². The van der Waals surface area contributed by atoms with E-state index >= 15 is 0 Å². The van der Waals surface area contributed by atoms with Crippen LogP contribution in [0.15, 0.2) is 85.1 Å².